The molecule has 0 fully saturated rings. The van der Waals surface area contributed by atoms with Crippen molar-refractivity contribution in [3.8, 4) is 0 Å². The van der Waals surface area contributed by atoms with Gasteiger partial charge in [0.2, 0.25) is 11.8 Å². The minimum atomic E-state index is -1.02. The zero-order chi connectivity index (χ0) is 27.4. The fraction of sp³-hybridized carbons (Fsp3) is 0.536. The highest BCUT2D eigenvalue weighted by atomic mass is 16.4. The largest absolute Gasteiger partial charge is 0.478 e. The van der Waals surface area contributed by atoms with Gasteiger partial charge in [0.05, 0.1) is 12.1 Å². The molecule has 0 bridgehead atoms. The molecule has 0 saturated heterocycles. The molecule has 1 heterocycles. The van der Waals surface area contributed by atoms with Crippen molar-refractivity contribution in [3.05, 3.63) is 47.7 Å². The molecule has 0 saturated carbocycles. The summed E-state index contributed by atoms with van der Waals surface area (Å²) in [6, 6.07) is 6.17. The van der Waals surface area contributed by atoms with E-state index >= 15 is 0 Å². The van der Waals surface area contributed by atoms with E-state index in [-0.39, 0.29) is 29.2 Å². The molecule has 2 amide bonds. The Balaban J connectivity index is 2.34. The van der Waals surface area contributed by atoms with Crippen LogP contribution in [-0.4, -0.2) is 65.0 Å². The number of aromatic amines is 1. The van der Waals surface area contributed by atoms with Crippen LogP contribution in [0.5, 0.6) is 0 Å². The summed E-state index contributed by atoms with van der Waals surface area (Å²) in [5.41, 5.74) is 1.59. The summed E-state index contributed by atoms with van der Waals surface area (Å²) in [6.45, 7) is 13.2. The van der Waals surface area contributed by atoms with Crippen LogP contribution >= 0.6 is 0 Å². The summed E-state index contributed by atoms with van der Waals surface area (Å²) >= 11 is 0. The van der Waals surface area contributed by atoms with Crippen LogP contribution in [0.3, 0.4) is 0 Å². The Morgan fingerprint density at radius 1 is 1.08 bits per heavy atom. The monoisotopic (exact) mass is 498 g/mol. The number of carbonyl (C=O) groups excluding carboxylic acids is 2. The number of para-hydroxylation sites is 1. The summed E-state index contributed by atoms with van der Waals surface area (Å²) in [5.74, 6) is -1.73. The second-order valence-corrected chi connectivity index (χ2v) is 10.8. The molecule has 0 unspecified atom stereocenters. The Bertz CT molecular complexity index is 1120. The van der Waals surface area contributed by atoms with Crippen LogP contribution in [-0.2, 0) is 19.8 Å². The van der Waals surface area contributed by atoms with E-state index in [0.717, 1.165) is 16.5 Å². The molecule has 0 aliphatic carbocycles. The predicted octanol–water partition coefficient (Wildman–Crippen LogP) is 3.69. The lowest BCUT2D eigenvalue weighted by molar-refractivity contribution is -0.139. The first kappa shape index (κ1) is 29.1. The van der Waals surface area contributed by atoms with Gasteiger partial charge in [0.25, 0.3) is 0 Å². The number of nitrogens with zero attached hydrogens (tertiary/aromatic N) is 1. The maximum atomic E-state index is 13.6. The van der Waals surface area contributed by atoms with E-state index in [0.29, 0.717) is 0 Å². The number of carbonyl (C=O) groups is 3. The van der Waals surface area contributed by atoms with Gasteiger partial charge in [-0.1, -0.05) is 65.8 Å². The van der Waals surface area contributed by atoms with E-state index < -0.39 is 29.5 Å². The van der Waals surface area contributed by atoms with E-state index in [1.54, 1.807) is 25.1 Å². The van der Waals surface area contributed by atoms with Crippen molar-refractivity contribution in [3.63, 3.8) is 0 Å². The summed E-state index contributed by atoms with van der Waals surface area (Å²) < 4.78 is 0. The standard InChI is InChI=1S/C28H42N4O4/c1-16(2)22(14-18(5)27(35)36)32(9)26(34)23(17(3)4)31-25(33)24(29-8)28(6,7)20-15-30-21-13-11-10-12-19(20)21/h10-17,22-24,29-30H,1-9H3,(H,31,33)(H,35,36)/t22-,23-,24+/m1/s1. The topological polar surface area (TPSA) is 115 Å². The third kappa shape index (κ3) is 6.16. The number of amides is 2. The molecule has 3 atom stereocenters. The number of carboxylic acid groups (broad SMARTS) is 1. The lowest BCUT2D eigenvalue weighted by Gasteiger charge is -2.37. The minimum Gasteiger partial charge on any atom is -0.478 e. The summed E-state index contributed by atoms with van der Waals surface area (Å²) in [5, 5.41) is 16.5. The lowest BCUT2D eigenvalue weighted by atomic mass is 9.77. The molecule has 36 heavy (non-hydrogen) atoms. The third-order valence-corrected chi connectivity index (χ3v) is 7.02. The number of aromatic nitrogens is 1. The average Bonchev–Trinajstić information content (AvgIpc) is 3.24. The quantitative estimate of drug-likeness (QED) is 0.353. The van der Waals surface area contributed by atoms with Gasteiger partial charge < -0.3 is 25.6 Å². The maximum absolute atomic E-state index is 13.6. The fourth-order valence-electron chi connectivity index (χ4n) is 4.78. The Labute approximate surface area is 214 Å². The van der Waals surface area contributed by atoms with Gasteiger partial charge >= 0.3 is 5.97 Å². The molecule has 0 aliphatic rings. The van der Waals surface area contributed by atoms with E-state index in [1.807, 2.05) is 72.0 Å². The Morgan fingerprint density at radius 2 is 1.69 bits per heavy atom. The zero-order valence-electron chi connectivity index (χ0n) is 23.0. The minimum absolute atomic E-state index is 0.0115. The number of hydrogen-bond acceptors (Lipinski definition) is 4. The molecule has 2 aromatic rings. The third-order valence-electron chi connectivity index (χ3n) is 7.02. The number of likely N-dealkylation sites (N-methyl/N-ethyl adjacent to an activating group) is 2. The predicted molar refractivity (Wildman–Crippen MR) is 144 cm³/mol. The number of rotatable bonds is 11. The molecule has 4 N–H and O–H groups in total. The smallest absolute Gasteiger partial charge is 0.331 e. The van der Waals surface area contributed by atoms with Gasteiger partial charge in [0.1, 0.15) is 6.04 Å². The van der Waals surface area contributed by atoms with Gasteiger partial charge in [0.15, 0.2) is 0 Å². The number of carboxylic acids is 1. The van der Waals surface area contributed by atoms with Crippen LogP contribution < -0.4 is 10.6 Å². The van der Waals surface area contributed by atoms with Crippen molar-refractivity contribution in [2.24, 2.45) is 11.8 Å². The number of aliphatic carboxylic acids is 1. The van der Waals surface area contributed by atoms with Crippen LogP contribution in [0.25, 0.3) is 10.9 Å². The van der Waals surface area contributed by atoms with Crippen LogP contribution in [0.15, 0.2) is 42.1 Å². The highest BCUT2D eigenvalue weighted by Gasteiger charge is 2.40. The van der Waals surface area contributed by atoms with Crippen LogP contribution in [0, 0.1) is 11.8 Å². The van der Waals surface area contributed by atoms with Crippen LogP contribution in [0.4, 0.5) is 0 Å². The van der Waals surface area contributed by atoms with Crippen LogP contribution in [0.1, 0.15) is 54.0 Å². The molecule has 0 aliphatic heterocycles. The highest BCUT2D eigenvalue weighted by molar-refractivity contribution is 5.92. The Morgan fingerprint density at radius 3 is 2.22 bits per heavy atom. The normalized spacial score (nSPS) is 15.1. The summed E-state index contributed by atoms with van der Waals surface area (Å²) in [4.78, 5) is 43.4. The van der Waals surface area contributed by atoms with Crippen molar-refractivity contribution in [2.75, 3.05) is 14.1 Å². The molecular formula is C28H42N4O4. The lowest BCUT2D eigenvalue weighted by Crippen LogP contribution is -2.59. The molecule has 8 nitrogen and oxygen atoms in total. The average molecular weight is 499 g/mol. The van der Waals surface area contributed by atoms with Crippen molar-refractivity contribution >= 4 is 28.7 Å². The molecule has 0 radical (unpaired) electrons. The Kier molecular flexibility index (Phi) is 9.49. The van der Waals surface area contributed by atoms with E-state index in [1.165, 1.54) is 6.92 Å². The fourth-order valence-corrected chi connectivity index (χ4v) is 4.78. The number of fused-ring (bicyclic) bond motifs is 1. The molecule has 1 aromatic heterocycles. The molecular weight excluding hydrogens is 456 g/mol. The molecule has 8 heteroatoms. The van der Waals surface area contributed by atoms with Gasteiger partial charge in [0, 0.05) is 35.1 Å². The van der Waals surface area contributed by atoms with Crippen LogP contribution in [0.2, 0.25) is 0 Å². The van der Waals surface area contributed by atoms with E-state index in [2.05, 4.69) is 15.6 Å². The van der Waals surface area contributed by atoms with Gasteiger partial charge in [-0.05, 0) is 37.4 Å². The van der Waals surface area contributed by atoms with Crippen molar-refractivity contribution in [1.29, 1.82) is 0 Å². The number of benzene rings is 1. The second kappa shape index (κ2) is 11.7. The molecule has 198 valence electrons. The molecule has 2 rings (SSSR count). The summed E-state index contributed by atoms with van der Waals surface area (Å²) in [7, 11) is 3.40. The number of H-pyrrole nitrogens is 1. The number of nitrogens with one attached hydrogen (secondary N) is 3. The van der Waals surface area contributed by atoms with Crippen molar-refractivity contribution in [1.82, 2.24) is 20.5 Å². The van der Waals surface area contributed by atoms with E-state index in [9.17, 15) is 19.5 Å². The highest BCUT2D eigenvalue weighted by Crippen LogP contribution is 2.33. The maximum Gasteiger partial charge on any atom is 0.331 e. The summed E-state index contributed by atoms with van der Waals surface area (Å²) in [6.07, 6.45) is 3.53. The Hall–Kier alpha value is -3.13. The first-order chi connectivity index (χ1) is 16.7. The number of hydrogen-bond donors (Lipinski definition) is 4. The first-order valence-electron chi connectivity index (χ1n) is 12.5. The van der Waals surface area contributed by atoms with Gasteiger partial charge in [-0.25, -0.2) is 4.79 Å². The molecule has 1 aromatic carbocycles. The van der Waals surface area contributed by atoms with E-state index in [4.69, 9.17) is 0 Å². The SMILES string of the molecule is CN[C@@H](C(=O)N[C@@H](C(=O)N(C)[C@H](C=C(C)C(=O)O)C(C)C)C(C)C)C(C)(C)c1c[nH]c2ccccc12. The van der Waals surface area contributed by atoms with Crippen molar-refractivity contribution in [2.45, 2.75) is 72.0 Å². The van der Waals surface area contributed by atoms with Crippen molar-refractivity contribution < 1.29 is 19.5 Å². The molecule has 0 spiro atoms. The van der Waals surface area contributed by atoms with Gasteiger partial charge in [-0.2, -0.15) is 0 Å². The van der Waals surface area contributed by atoms with Gasteiger partial charge in [-0.15, -0.1) is 0 Å². The van der Waals surface area contributed by atoms with Gasteiger partial charge in [-0.3, -0.25) is 9.59 Å². The zero-order valence-corrected chi connectivity index (χ0v) is 23.0. The first-order valence-corrected chi connectivity index (χ1v) is 12.5. The second-order valence-electron chi connectivity index (χ2n) is 10.8.